The number of aromatic nitrogens is 1. The Morgan fingerprint density at radius 3 is 1.95 bits per heavy atom. The zero-order valence-electron chi connectivity index (χ0n) is 9.52. The van der Waals surface area contributed by atoms with E-state index in [1.165, 1.54) is 0 Å². The molecule has 0 aliphatic heterocycles. The van der Waals surface area contributed by atoms with E-state index in [1.807, 2.05) is 0 Å². The van der Waals surface area contributed by atoms with Gasteiger partial charge >= 0.3 is 18.3 Å². The van der Waals surface area contributed by atoms with Crippen molar-refractivity contribution in [3.05, 3.63) is 23.0 Å². The lowest BCUT2D eigenvalue weighted by atomic mass is 10.0. The van der Waals surface area contributed by atoms with Gasteiger partial charge in [-0.25, -0.2) is 0 Å². The van der Waals surface area contributed by atoms with E-state index in [0.717, 1.165) is 7.05 Å². The molecule has 0 aromatic carbocycles. The molecule has 0 atom stereocenters. The van der Waals surface area contributed by atoms with Crippen LogP contribution in [0.2, 0.25) is 0 Å². The van der Waals surface area contributed by atoms with Crippen LogP contribution in [0.25, 0.3) is 0 Å². The number of nitrogens with zero attached hydrogens (tertiary/aromatic N) is 2. The van der Waals surface area contributed by atoms with Crippen LogP contribution < -0.4 is 0 Å². The molecule has 114 valence electrons. The lowest BCUT2D eigenvalue weighted by Crippen LogP contribution is -2.35. The van der Waals surface area contributed by atoms with Crippen molar-refractivity contribution in [2.75, 3.05) is 0 Å². The van der Waals surface area contributed by atoms with E-state index >= 15 is 0 Å². The number of rotatable bonds is 2. The van der Waals surface area contributed by atoms with Gasteiger partial charge in [-0.05, 0) is 0 Å². The zero-order chi connectivity index (χ0) is 15.9. The number of hydrogen-bond acceptors (Lipinski definition) is 2. The molecule has 0 saturated carbocycles. The Morgan fingerprint density at radius 2 is 1.60 bits per heavy atom. The van der Waals surface area contributed by atoms with Crippen molar-refractivity contribution in [2.45, 2.75) is 18.3 Å². The third-order valence-electron chi connectivity index (χ3n) is 2.39. The van der Waals surface area contributed by atoms with E-state index in [1.54, 1.807) is 0 Å². The average molecular weight is 310 g/mol. The molecule has 0 amide bonds. The number of hydrogen-bond donors (Lipinski definition) is 1. The van der Waals surface area contributed by atoms with Gasteiger partial charge in [0.05, 0.1) is 23.0 Å². The van der Waals surface area contributed by atoms with E-state index in [-0.39, 0.29) is 12.4 Å². The molecule has 0 saturated heterocycles. The summed E-state index contributed by atoms with van der Waals surface area (Å²) >= 11 is 0. The first kappa shape index (κ1) is 16.2. The highest BCUT2D eigenvalue weighted by atomic mass is 19.4. The van der Waals surface area contributed by atoms with Gasteiger partial charge in [0.1, 0.15) is 0 Å². The Balaban J connectivity index is 3.70. The summed E-state index contributed by atoms with van der Waals surface area (Å²) in [5, 5.41) is 10.4. The second kappa shape index (κ2) is 4.63. The highest BCUT2D eigenvalue weighted by molar-refractivity contribution is 5.80. The molecule has 0 radical (unpaired) electrons. The van der Waals surface area contributed by atoms with E-state index in [4.69, 9.17) is 5.21 Å². The number of oxime groups is 1. The van der Waals surface area contributed by atoms with Gasteiger partial charge in [0, 0.05) is 13.2 Å². The smallest absolute Gasteiger partial charge is 0.411 e. The van der Waals surface area contributed by atoms with Crippen molar-refractivity contribution >= 4 is 6.21 Å². The Kier molecular flexibility index (Phi) is 3.76. The normalized spacial score (nSPS) is 14.2. The maximum Gasteiger partial charge on any atom is 0.458 e. The fraction of sp³-hybridized carbons (Fsp3) is 0.444. The molecule has 0 bridgehead atoms. The van der Waals surface area contributed by atoms with Crippen molar-refractivity contribution in [2.24, 2.45) is 12.2 Å². The molecule has 0 aliphatic carbocycles. The van der Waals surface area contributed by atoms with Gasteiger partial charge in [-0.2, -0.15) is 35.1 Å². The maximum atomic E-state index is 13.1. The van der Waals surface area contributed by atoms with Crippen LogP contribution in [0.5, 0.6) is 0 Å². The van der Waals surface area contributed by atoms with Crippen LogP contribution in [-0.4, -0.2) is 22.2 Å². The molecule has 0 unspecified atom stereocenters. The van der Waals surface area contributed by atoms with Crippen molar-refractivity contribution in [1.82, 2.24) is 4.57 Å². The minimum Gasteiger partial charge on any atom is -0.411 e. The number of aryl methyl sites for hydroxylation is 1. The Morgan fingerprint density at radius 1 is 1.10 bits per heavy atom. The standard InChI is InChI=1S/C9H6F8N2O/c1-19-3-4(7(10,11)9(15,16)17)6(8(12,13)14)5(19)2-18-20/h2-3,20H,1H3. The first-order chi connectivity index (χ1) is 8.84. The summed E-state index contributed by atoms with van der Waals surface area (Å²) in [4.78, 5) is 0. The van der Waals surface area contributed by atoms with Crippen LogP contribution in [0.1, 0.15) is 16.8 Å². The molecular weight excluding hydrogens is 304 g/mol. The number of halogens is 8. The second-order valence-electron chi connectivity index (χ2n) is 3.73. The number of alkyl halides is 8. The van der Waals surface area contributed by atoms with Gasteiger partial charge in [-0.3, -0.25) is 0 Å². The molecule has 0 aliphatic rings. The molecule has 20 heavy (non-hydrogen) atoms. The van der Waals surface area contributed by atoms with E-state index in [2.05, 4.69) is 5.16 Å². The Hall–Kier alpha value is -1.81. The van der Waals surface area contributed by atoms with Gasteiger partial charge in [0.2, 0.25) is 0 Å². The summed E-state index contributed by atoms with van der Waals surface area (Å²) in [7, 11) is 0.808. The molecule has 0 spiro atoms. The van der Waals surface area contributed by atoms with Crippen LogP contribution >= 0.6 is 0 Å². The molecule has 1 aromatic heterocycles. The van der Waals surface area contributed by atoms with Gasteiger partial charge in [0.15, 0.2) is 0 Å². The molecule has 1 rings (SSSR count). The van der Waals surface area contributed by atoms with Crippen LogP contribution in [0.3, 0.4) is 0 Å². The quantitative estimate of drug-likeness (QED) is 0.386. The van der Waals surface area contributed by atoms with Crippen molar-refractivity contribution in [1.29, 1.82) is 0 Å². The molecule has 3 nitrogen and oxygen atoms in total. The SMILES string of the molecule is Cn1cc(C(F)(F)C(F)(F)F)c(C(F)(F)F)c1C=NO. The van der Waals surface area contributed by atoms with E-state index in [9.17, 15) is 35.1 Å². The highest BCUT2D eigenvalue weighted by Crippen LogP contribution is 2.49. The fourth-order valence-electron chi connectivity index (χ4n) is 1.54. The summed E-state index contributed by atoms with van der Waals surface area (Å²) < 4.78 is 101. The molecule has 1 heterocycles. The predicted molar refractivity (Wildman–Crippen MR) is 49.7 cm³/mol. The van der Waals surface area contributed by atoms with E-state index in [0.29, 0.717) is 4.57 Å². The van der Waals surface area contributed by atoms with Crippen LogP contribution in [-0.2, 0) is 19.1 Å². The minimum atomic E-state index is -6.19. The Labute approximate surface area is 106 Å². The monoisotopic (exact) mass is 310 g/mol. The average Bonchev–Trinajstić information content (AvgIpc) is 2.55. The molecule has 0 fully saturated rings. The summed E-state index contributed by atoms with van der Waals surface area (Å²) in [6, 6.07) is 0. The largest absolute Gasteiger partial charge is 0.458 e. The second-order valence-corrected chi connectivity index (χ2v) is 3.73. The molecule has 1 N–H and O–H groups in total. The molecule has 1 aromatic rings. The lowest BCUT2D eigenvalue weighted by molar-refractivity contribution is -0.290. The van der Waals surface area contributed by atoms with E-state index < -0.39 is 35.1 Å². The third kappa shape index (κ3) is 2.56. The van der Waals surface area contributed by atoms with Crippen LogP contribution in [0.4, 0.5) is 35.1 Å². The fourth-order valence-corrected chi connectivity index (χ4v) is 1.54. The summed E-state index contributed by atoms with van der Waals surface area (Å²) in [6.45, 7) is 0. The first-order valence-electron chi connectivity index (χ1n) is 4.73. The summed E-state index contributed by atoms with van der Waals surface area (Å²) in [5.41, 5.74) is -5.59. The summed E-state index contributed by atoms with van der Waals surface area (Å²) in [5.74, 6) is -5.70. The van der Waals surface area contributed by atoms with Gasteiger partial charge in [-0.1, -0.05) is 5.16 Å². The Bertz CT molecular complexity index is 525. The summed E-state index contributed by atoms with van der Waals surface area (Å²) in [6.07, 6.45) is -11.6. The molecule has 11 heteroatoms. The van der Waals surface area contributed by atoms with Gasteiger partial charge < -0.3 is 9.77 Å². The van der Waals surface area contributed by atoms with Crippen LogP contribution in [0, 0.1) is 0 Å². The maximum absolute atomic E-state index is 13.1. The highest BCUT2D eigenvalue weighted by Gasteiger charge is 2.62. The van der Waals surface area contributed by atoms with Crippen molar-refractivity contribution < 1.29 is 40.3 Å². The lowest BCUT2D eigenvalue weighted by Gasteiger charge is -2.21. The first-order valence-corrected chi connectivity index (χ1v) is 4.73. The third-order valence-corrected chi connectivity index (χ3v) is 2.39. The van der Waals surface area contributed by atoms with Gasteiger partial charge in [-0.15, -0.1) is 0 Å². The van der Waals surface area contributed by atoms with Gasteiger partial charge in [0.25, 0.3) is 0 Å². The van der Waals surface area contributed by atoms with Crippen molar-refractivity contribution in [3.8, 4) is 0 Å². The van der Waals surface area contributed by atoms with Crippen LogP contribution in [0.15, 0.2) is 11.4 Å². The predicted octanol–water partition coefficient (Wildman–Crippen LogP) is 3.51. The minimum absolute atomic E-state index is 0.00662. The molecular formula is C9H6F8N2O. The topological polar surface area (TPSA) is 37.5 Å². The van der Waals surface area contributed by atoms with Crippen molar-refractivity contribution in [3.63, 3.8) is 0 Å². The zero-order valence-corrected chi connectivity index (χ0v) is 9.52.